The monoisotopic (exact) mass is 978 g/mol. The lowest BCUT2D eigenvalue weighted by Gasteiger charge is -2.43. The standard InChI is InChI=1S/C47H80O17P2/c1-3-5-7-8-9-10-11-12-13-14-17-21-24-27-31-35-41(50)62-39(37-61-66(58,59)64-47-44(53)42(51)43(52)46(45(47)54)63-65(55,56)57)36-60-40(49)34-30-26-23-20-18-15-16-19-22-25-29-33-38(48)32-28-6-4-2/h12-13,15-16,20,22-23,25,29,33,39,42-47,51-54H,3-11,14,17-19,21,24,26-28,30-32,34-37H2,1-2H3,(H,58,59)(H2,55,56,57)/b13-12-,16-15-,23-20-,25-22-,33-29+/t39-,42?,43?,44?,45?,46-,47+/m1/s1. The maximum Gasteiger partial charge on any atom is 0.472 e. The molecular weight excluding hydrogens is 898 g/mol. The molecule has 1 fully saturated rings. The third-order valence-electron chi connectivity index (χ3n) is 10.5. The van der Waals surface area contributed by atoms with Gasteiger partial charge >= 0.3 is 27.6 Å². The number of hydrogen-bond acceptors (Lipinski definition) is 14. The Labute approximate surface area is 392 Å². The van der Waals surface area contributed by atoms with Gasteiger partial charge in [-0.2, -0.15) is 0 Å². The van der Waals surface area contributed by atoms with Crippen LogP contribution in [0.1, 0.15) is 162 Å². The van der Waals surface area contributed by atoms with Crippen molar-refractivity contribution in [2.24, 2.45) is 0 Å². The number of allylic oxidation sites excluding steroid dienone is 10. The molecule has 1 rings (SSSR count). The van der Waals surface area contributed by atoms with Gasteiger partial charge in [0.2, 0.25) is 0 Å². The Balaban J connectivity index is 2.65. The molecule has 66 heavy (non-hydrogen) atoms. The van der Waals surface area contributed by atoms with Crippen molar-refractivity contribution in [3.8, 4) is 0 Å². The van der Waals surface area contributed by atoms with Crippen molar-refractivity contribution < 1.29 is 81.7 Å². The van der Waals surface area contributed by atoms with E-state index in [1.54, 1.807) is 12.2 Å². The first-order chi connectivity index (χ1) is 31.5. The summed E-state index contributed by atoms with van der Waals surface area (Å²) in [5.41, 5.74) is 0. The first-order valence-corrected chi connectivity index (χ1v) is 26.8. The highest BCUT2D eigenvalue weighted by Gasteiger charge is 2.54. The maximum atomic E-state index is 13.0. The van der Waals surface area contributed by atoms with Gasteiger partial charge in [-0.05, 0) is 70.3 Å². The van der Waals surface area contributed by atoms with Crippen LogP contribution >= 0.6 is 15.6 Å². The first kappa shape index (κ1) is 61.4. The van der Waals surface area contributed by atoms with Crippen LogP contribution in [0.3, 0.4) is 0 Å². The number of aliphatic hydroxyl groups is 4. The number of phosphoric ester groups is 2. The molecule has 0 aromatic rings. The third-order valence-corrected chi connectivity index (χ3v) is 12.0. The molecule has 19 heteroatoms. The summed E-state index contributed by atoms with van der Waals surface area (Å²) in [7, 11) is -10.7. The molecule has 5 unspecified atom stereocenters. The van der Waals surface area contributed by atoms with Crippen LogP contribution in [0.5, 0.6) is 0 Å². The SMILES string of the molecule is CCCCCCCC/C=C\CCCCCCCC(=O)O[C@H](COC(=O)CCC/C=C\C/C=C\C/C=C\C=C\C(=O)CCCCC)COP(=O)(O)O[C@H]1C(O)C(O)C(O)[C@@H](OP(=O)(O)O)C1O. The molecule has 8 atom stereocenters. The summed E-state index contributed by atoms with van der Waals surface area (Å²) in [5.74, 6) is -1.19. The Hall–Kier alpha value is -2.63. The lowest BCUT2D eigenvalue weighted by molar-refractivity contribution is -0.216. The summed E-state index contributed by atoms with van der Waals surface area (Å²) in [6.07, 6.45) is 24.5. The molecule has 0 aliphatic heterocycles. The molecule has 0 heterocycles. The van der Waals surface area contributed by atoms with Crippen molar-refractivity contribution >= 4 is 33.4 Å². The van der Waals surface area contributed by atoms with E-state index in [4.69, 9.17) is 28.3 Å². The van der Waals surface area contributed by atoms with E-state index in [2.05, 4.69) is 30.5 Å². The van der Waals surface area contributed by atoms with Crippen LogP contribution in [0.15, 0.2) is 60.8 Å². The fraction of sp³-hybridized carbons (Fsp3) is 0.723. The Morgan fingerprint density at radius 2 is 1.03 bits per heavy atom. The van der Waals surface area contributed by atoms with E-state index in [-0.39, 0.29) is 18.6 Å². The number of aliphatic hydroxyl groups excluding tert-OH is 4. The third kappa shape index (κ3) is 31.4. The van der Waals surface area contributed by atoms with Crippen LogP contribution < -0.4 is 0 Å². The van der Waals surface area contributed by atoms with Crippen LogP contribution in [0.4, 0.5) is 0 Å². The topological polar surface area (TPSA) is 273 Å². The quantitative estimate of drug-likeness (QED) is 0.00763. The summed E-state index contributed by atoms with van der Waals surface area (Å²) in [5, 5.41) is 41.2. The molecule has 1 aliphatic rings. The van der Waals surface area contributed by atoms with Gasteiger partial charge in [0.25, 0.3) is 0 Å². The smallest absolute Gasteiger partial charge is 0.462 e. The van der Waals surface area contributed by atoms with E-state index < -0.39 is 83.5 Å². The van der Waals surface area contributed by atoms with Gasteiger partial charge in [-0.3, -0.25) is 28.0 Å². The molecule has 0 aromatic heterocycles. The predicted octanol–water partition coefficient (Wildman–Crippen LogP) is 8.24. The number of hydrogen-bond donors (Lipinski definition) is 7. The van der Waals surface area contributed by atoms with Gasteiger partial charge < -0.3 is 44.6 Å². The number of unbranched alkanes of at least 4 members (excludes halogenated alkanes) is 14. The Kier molecular flexibility index (Phi) is 34.7. The number of ketones is 1. The van der Waals surface area contributed by atoms with Crippen LogP contribution in [0, 0.1) is 0 Å². The molecule has 17 nitrogen and oxygen atoms in total. The van der Waals surface area contributed by atoms with Gasteiger partial charge in [0.05, 0.1) is 6.61 Å². The number of carbonyl (C=O) groups excluding carboxylic acids is 3. The molecule has 1 saturated carbocycles. The van der Waals surface area contributed by atoms with Crippen molar-refractivity contribution in [3.05, 3.63) is 60.8 Å². The van der Waals surface area contributed by atoms with Crippen molar-refractivity contribution in [1.29, 1.82) is 0 Å². The summed E-state index contributed by atoms with van der Waals surface area (Å²) in [6.45, 7) is 2.88. The Bertz CT molecular complexity index is 1570. The molecule has 0 aromatic carbocycles. The summed E-state index contributed by atoms with van der Waals surface area (Å²) >= 11 is 0. The van der Waals surface area contributed by atoms with E-state index in [1.807, 2.05) is 36.5 Å². The van der Waals surface area contributed by atoms with Gasteiger partial charge in [-0.25, -0.2) is 9.13 Å². The number of phosphoric acid groups is 2. The number of carbonyl (C=O) groups is 3. The van der Waals surface area contributed by atoms with E-state index in [0.717, 1.165) is 64.2 Å². The predicted molar refractivity (Wildman–Crippen MR) is 251 cm³/mol. The maximum absolute atomic E-state index is 13.0. The highest BCUT2D eigenvalue weighted by Crippen LogP contribution is 2.49. The summed E-state index contributed by atoms with van der Waals surface area (Å²) in [6, 6.07) is 0. The number of esters is 2. The van der Waals surface area contributed by atoms with Gasteiger partial charge in [-0.1, -0.05) is 133 Å². The van der Waals surface area contributed by atoms with Gasteiger partial charge in [0.1, 0.15) is 43.2 Å². The van der Waals surface area contributed by atoms with Crippen LogP contribution in [0.25, 0.3) is 0 Å². The van der Waals surface area contributed by atoms with Crippen molar-refractivity contribution in [2.45, 2.75) is 204 Å². The average molecular weight is 979 g/mol. The number of rotatable bonds is 39. The summed E-state index contributed by atoms with van der Waals surface area (Å²) in [4.78, 5) is 66.0. The van der Waals surface area contributed by atoms with Crippen molar-refractivity contribution in [2.75, 3.05) is 13.2 Å². The highest BCUT2D eigenvalue weighted by molar-refractivity contribution is 7.47. The van der Waals surface area contributed by atoms with Crippen LogP contribution in [-0.2, 0) is 46.6 Å². The molecule has 0 saturated heterocycles. The van der Waals surface area contributed by atoms with Crippen LogP contribution in [0.2, 0.25) is 0 Å². The van der Waals surface area contributed by atoms with Gasteiger partial charge in [0, 0.05) is 19.3 Å². The minimum atomic E-state index is -5.38. The second kappa shape index (κ2) is 37.3. The Morgan fingerprint density at radius 1 is 0.530 bits per heavy atom. The zero-order valence-corrected chi connectivity index (χ0v) is 40.9. The van der Waals surface area contributed by atoms with Gasteiger partial charge in [-0.15, -0.1) is 0 Å². The van der Waals surface area contributed by atoms with E-state index in [0.29, 0.717) is 32.1 Å². The lowest BCUT2D eigenvalue weighted by atomic mass is 9.85. The average Bonchev–Trinajstić information content (AvgIpc) is 3.26. The molecule has 1 aliphatic carbocycles. The fourth-order valence-corrected chi connectivity index (χ4v) is 8.33. The summed E-state index contributed by atoms with van der Waals surface area (Å²) < 4.78 is 49.3. The minimum absolute atomic E-state index is 0.00844. The minimum Gasteiger partial charge on any atom is -0.462 e. The second-order valence-electron chi connectivity index (χ2n) is 16.5. The molecule has 0 bridgehead atoms. The molecular formula is C47H80O17P2. The molecule has 380 valence electrons. The lowest BCUT2D eigenvalue weighted by Crippen LogP contribution is -2.64. The first-order valence-electron chi connectivity index (χ1n) is 23.8. The molecule has 0 spiro atoms. The zero-order valence-electron chi connectivity index (χ0n) is 39.1. The largest absolute Gasteiger partial charge is 0.472 e. The van der Waals surface area contributed by atoms with E-state index in [9.17, 15) is 48.8 Å². The molecule has 7 N–H and O–H groups in total. The fourth-order valence-electron chi connectivity index (χ4n) is 6.79. The van der Waals surface area contributed by atoms with Gasteiger partial charge in [0.15, 0.2) is 11.9 Å². The second-order valence-corrected chi connectivity index (χ2v) is 19.1. The van der Waals surface area contributed by atoms with Crippen molar-refractivity contribution in [1.82, 2.24) is 0 Å². The Morgan fingerprint density at radius 3 is 1.67 bits per heavy atom. The number of ether oxygens (including phenoxy) is 2. The molecule has 0 radical (unpaired) electrons. The highest BCUT2D eigenvalue weighted by atomic mass is 31.2. The zero-order chi connectivity index (χ0) is 49.1. The van der Waals surface area contributed by atoms with Crippen molar-refractivity contribution in [3.63, 3.8) is 0 Å². The van der Waals surface area contributed by atoms with Crippen LogP contribution in [-0.4, -0.2) is 109 Å². The normalized spacial score (nSPS) is 22.0. The molecule has 0 amide bonds. The van der Waals surface area contributed by atoms with E-state index >= 15 is 0 Å². The van der Waals surface area contributed by atoms with E-state index in [1.165, 1.54) is 38.5 Å².